The maximum absolute atomic E-state index is 11.9. The highest BCUT2D eigenvalue weighted by Gasteiger charge is 2.38. The Hall–Kier alpha value is -1.75. The molecule has 0 aliphatic heterocycles. The van der Waals surface area contributed by atoms with Gasteiger partial charge in [-0.25, -0.2) is 0 Å². The van der Waals surface area contributed by atoms with Gasteiger partial charge in [-0.2, -0.15) is 0 Å². The first-order valence-corrected chi connectivity index (χ1v) is 6.45. The minimum Gasteiger partial charge on any atom is -0.497 e. The van der Waals surface area contributed by atoms with E-state index < -0.39 is 17.5 Å². The molecule has 0 radical (unpaired) electrons. The largest absolute Gasteiger partial charge is 0.497 e. The van der Waals surface area contributed by atoms with Crippen molar-refractivity contribution in [2.45, 2.75) is 26.9 Å². The Morgan fingerprint density at radius 1 is 1.20 bits per heavy atom. The normalized spacial score (nSPS) is 12.7. The number of hydrogen-bond donors (Lipinski definition) is 1. The zero-order valence-corrected chi connectivity index (χ0v) is 12.6. The molecule has 1 aromatic carbocycles. The van der Waals surface area contributed by atoms with Gasteiger partial charge >= 0.3 is 5.97 Å². The molecule has 0 fully saturated rings. The molecule has 20 heavy (non-hydrogen) atoms. The fourth-order valence-corrected chi connectivity index (χ4v) is 1.83. The number of ether oxygens (including phenoxy) is 3. The molecule has 1 aromatic rings. The Morgan fingerprint density at radius 3 is 2.10 bits per heavy atom. The highest BCUT2D eigenvalue weighted by Crippen LogP contribution is 2.37. The molecule has 1 N–H and O–H groups in total. The molecule has 1 atom stereocenters. The highest BCUT2D eigenvalue weighted by molar-refractivity contribution is 5.77. The van der Waals surface area contributed by atoms with E-state index in [9.17, 15) is 9.90 Å². The molecule has 0 saturated heterocycles. The lowest BCUT2D eigenvalue weighted by Crippen LogP contribution is -2.33. The maximum atomic E-state index is 11.9. The standard InChI is InChI=1S/C15H22O5/c1-6-20-14(17)15(2,3)13(16)10-7-11(18-4)9-12(8-10)19-5/h7-9,13,16H,6H2,1-5H3. The van der Waals surface area contributed by atoms with Gasteiger partial charge in [-0.05, 0) is 38.5 Å². The summed E-state index contributed by atoms with van der Waals surface area (Å²) >= 11 is 0. The van der Waals surface area contributed by atoms with Crippen LogP contribution in [0.2, 0.25) is 0 Å². The highest BCUT2D eigenvalue weighted by atomic mass is 16.5. The maximum Gasteiger partial charge on any atom is 0.314 e. The van der Waals surface area contributed by atoms with Gasteiger partial charge < -0.3 is 19.3 Å². The predicted molar refractivity (Wildman–Crippen MR) is 74.9 cm³/mol. The molecule has 1 rings (SSSR count). The third-order valence-corrected chi connectivity index (χ3v) is 3.17. The Bertz CT molecular complexity index is 445. The van der Waals surface area contributed by atoms with Gasteiger partial charge in [-0.15, -0.1) is 0 Å². The summed E-state index contributed by atoms with van der Waals surface area (Å²) in [4.78, 5) is 11.9. The summed E-state index contributed by atoms with van der Waals surface area (Å²) < 4.78 is 15.3. The van der Waals surface area contributed by atoms with Crippen LogP contribution in [0.25, 0.3) is 0 Å². The van der Waals surface area contributed by atoms with Crippen LogP contribution in [0.15, 0.2) is 18.2 Å². The molecule has 0 heterocycles. The van der Waals surface area contributed by atoms with Crippen LogP contribution < -0.4 is 9.47 Å². The van der Waals surface area contributed by atoms with E-state index in [2.05, 4.69) is 0 Å². The van der Waals surface area contributed by atoms with Crippen LogP contribution in [0.4, 0.5) is 0 Å². The smallest absolute Gasteiger partial charge is 0.314 e. The lowest BCUT2D eigenvalue weighted by Gasteiger charge is -2.28. The second-order valence-corrected chi connectivity index (χ2v) is 4.99. The number of aliphatic hydroxyl groups excluding tert-OH is 1. The number of carbonyl (C=O) groups excluding carboxylic acids is 1. The minimum atomic E-state index is -1.06. The van der Waals surface area contributed by atoms with E-state index in [0.29, 0.717) is 17.1 Å². The van der Waals surface area contributed by atoms with Crippen molar-refractivity contribution in [1.82, 2.24) is 0 Å². The van der Waals surface area contributed by atoms with Gasteiger partial charge in [0, 0.05) is 6.07 Å². The number of benzene rings is 1. The van der Waals surface area contributed by atoms with Gasteiger partial charge in [0.15, 0.2) is 0 Å². The molecule has 112 valence electrons. The van der Waals surface area contributed by atoms with E-state index in [1.807, 2.05) is 0 Å². The average Bonchev–Trinajstić information content (AvgIpc) is 2.45. The van der Waals surface area contributed by atoms with E-state index >= 15 is 0 Å². The van der Waals surface area contributed by atoms with Crippen LogP contribution in [0.5, 0.6) is 11.5 Å². The van der Waals surface area contributed by atoms with E-state index in [0.717, 1.165) is 0 Å². The van der Waals surface area contributed by atoms with Crippen molar-refractivity contribution in [2.24, 2.45) is 5.41 Å². The van der Waals surface area contributed by atoms with E-state index in [4.69, 9.17) is 14.2 Å². The van der Waals surface area contributed by atoms with Gasteiger partial charge in [0.25, 0.3) is 0 Å². The van der Waals surface area contributed by atoms with Gasteiger partial charge in [0.05, 0.1) is 32.3 Å². The summed E-state index contributed by atoms with van der Waals surface area (Å²) in [5.74, 6) is 0.658. The number of aliphatic hydroxyl groups is 1. The summed E-state index contributed by atoms with van der Waals surface area (Å²) in [6.45, 7) is 5.29. The Morgan fingerprint density at radius 2 is 1.70 bits per heavy atom. The summed E-state index contributed by atoms with van der Waals surface area (Å²) in [6.07, 6.45) is -1.02. The van der Waals surface area contributed by atoms with Crippen molar-refractivity contribution in [1.29, 1.82) is 0 Å². The fraction of sp³-hybridized carbons (Fsp3) is 0.533. The number of hydrogen-bond acceptors (Lipinski definition) is 5. The molecular weight excluding hydrogens is 260 g/mol. The molecule has 0 aliphatic rings. The molecule has 0 aromatic heterocycles. The number of carbonyl (C=O) groups is 1. The first-order valence-electron chi connectivity index (χ1n) is 6.45. The van der Waals surface area contributed by atoms with Crippen LogP contribution in [0.3, 0.4) is 0 Å². The summed E-state index contributed by atoms with van der Waals surface area (Å²) in [7, 11) is 3.06. The number of methoxy groups -OCH3 is 2. The monoisotopic (exact) mass is 282 g/mol. The van der Waals surface area contributed by atoms with Gasteiger partial charge in [0.2, 0.25) is 0 Å². The molecule has 0 amide bonds. The summed E-state index contributed by atoms with van der Waals surface area (Å²) in [5.41, 5.74) is -0.521. The molecular formula is C15H22O5. The van der Waals surface area contributed by atoms with Gasteiger partial charge in [-0.3, -0.25) is 4.79 Å². The number of esters is 1. The van der Waals surface area contributed by atoms with Crippen molar-refractivity contribution in [2.75, 3.05) is 20.8 Å². The van der Waals surface area contributed by atoms with Gasteiger partial charge in [0.1, 0.15) is 11.5 Å². The molecule has 5 nitrogen and oxygen atoms in total. The Labute approximate surface area is 119 Å². The second kappa shape index (κ2) is 6.61. The van der Waals surface area contributed by atoms with Crippen LogP contribution in [-0.4, -0.2) is 31.9 Å². The molecule has 0 saturated carbocycles. The van der Waals surface area contributed by atoms with Crippen molar-refractivity contribution < 1.29 is 24.1 Å². The molecule has 0 bridgehead atoms. The van der Waals surface area contributed by atoms with Crippen LogP contribution in [-0.2, 0) is 9.53 Å². The van der Waals surface area contributed by atoms with Gasteiger partial charge in [-0.1, -0.05) is 0 Å². The van der Waals surface area contributed by atoms with Crippen molar-refractivity contribution in [3.05, 3.63) is 23.8 Å². The third kappa shape index (κ3) is 3.42. The summed E-state index contributed by atoms with van der Waals surface area (Å²) in [5, 5.41) is 10.5. The summed E-state index contributed by atoms with van der Waals surface area (Å²) in [6, 6.07) is 5.05. The molecule has 1 unspecified atom stereocenters. The van der Waals surface area contributed by atoms with Crippen molar-refractivity contribution in [3.63, 3.8) is 0 Å². The minimum absolute atomic E-state index is 0.274. The molecule has 0 spiro atoms. The topological polar surface area (TPSA) is 65.0 Å². The molecule has 5 heteroatoms. The number of rotatable bonds is 6. The zero-order valence-electron chi connectivity index (χ0n) is 12.6. The first-order chi connectivity index (χ1) is 9.36. The average molecular weight is 282 g/mol. The lowest BCUT2D eigenvalue weighted by molar-refractivity contribution is -0.160. The van der Waals surface area contributed by atoms with E-state index in [1.54, 1.807) is 39.0 Å². The van der Waals surface area contributed by atoms with Crippen LogP contribution in [0.1, 0.15) is 32.4 Å². The second-order valence-electron chi connectivity index (χ2n) is 4.99. The first kappa shape index (κ1) is 16.3. The fourth-order valence-electron chi connectivity index (χ4n) is 1.83. The van der Waals surface area contributed by atoms with Crippen molar-refractivity contribution >= 4 is 5.97 Å². The third-order valence-electron chi connectivity index (χ3n) is 3.17. The SMILES string of the molecule is CCOC(=O)C(C)(C)C(O)c1cc(OC)cc(OC)c1. The van der Waals surface area contributed by atoms with Crippen LogP contribution >= 0.6 is 0 Å². The molecule has 0 aliphatic carbocycles. The lowest BCUT2D eigenvalue weighted by atomic mass is 9.82. The quantitative estimate of drug-likeness (QED) is 0.811. The van der Waals surface area contributed by atoms with Crippen LogP contribution in [0, 0.1) is 5.41 Å². The van der Waals surface area contributed by atoms with Crippen molar-refractivity contribution in [3.8, 4) is 11.5 Å². The Balaban J connectivity index is 3.12. The zero-order chi connectivity index (χ0) is 15.3. The predicted octanol–water partition coefficient (Wildman–Crippen LogP) is 2.33. The van der Waals surface area contributed by atoms with E-state index in [-0.39, 0.29) is 6.61 Å². The van der Waals surface area contributed by atoms with E-state index in [1.165, 1.54) is 14.2 Å². The Kier molecular flexibility index (Phi) is 5.39.